The average molecular weight is 342 g/mol. The van der Waals surface area contributed by atoms with Crippen LogP contribution in [0.1, 0.15) is 24.0 Å². The fourth-order valence-electron chi connectivity index (χ4n) is 2.34. The maximum Gasteiger partial charge on any atom is 0.224 e. The lowest BCUT2D eigenvalue weighted by atomic mass is 10.1. The topological polar surface area (TPSA) is 73.6 Å². The first-order chi connectivity index (χ1) is 12.2. The summed E-state index contributed by atoms with van der Waals surface area (Å²) in [5.74, 6) is 0.804. The molecule has 134 valence electrons. The zero-order valence-electron chi connectivity index (χ0n) is 14.7. The van der Waals surface area contributed by atoms with Gasteiger partial charge in [0.05, 0.1) is 13.2 Å². The van der Waals surface area contributed by atoms with Gasteiger partial charge in [-0.25, -0.2) is 0 Å². The van der Waals surface area contributed by atoms with Crippen molar-refractivity contribution >= 4 is 11.6 Å². The smallest absolute Gasteiger partial charge is 0.224 e. The predicted molar refractivity (Wildman–Crippen MR) is 99.7 cm³/mol. The van der Waals surface area contributed by atoms with Gasteiger partial charge >= 0.3 is 0 Å². The second kappa shape index (κ2) is 10.5. The third-order valence-electron chi connectivity index (χ3n) is 3.81. The van der Waals surface area contributed by atoms with Gasteiger partial charge in [0.25, 0.3) is 0 Å². The number of hydrogen-bond acceptors (Lipinski definition) is 4. The van der Waals surface area contributed by atoms with Crippen LogP contribution in [0, 0.1) is 0 Å². The van der Waals surface area contributed by atoms with Crippen molar-refractivity contribution in [3.63, 3.8) is 0 Å². The predicted octanol–water partition coefficient (Wildman–Crippen LogP) is 3.13. The molecule has 0 atom stereocenters. The molecule has 2 aromatic rings. The lowest BCUT2D eigenvalue weighted by Gasteiger charge is -2.08. The van der Waals surface area contributed by atoms with Crippen LogP contribution in [0.25, 0.3) is 0 Å². The van der Waals surface area contributed by atoms with E-state index in [1.165, 1.54) is 5.56 Å². The molecule has 2 aromatic carbocycles. The average Bonchev–Trinajstić information content (AvgIpc) is 2.65. The van der Waals surface area contributed by atoms with E-state index >= 15 is 0 Å². The summed E-state index contributed by atoms with van der Waals surface area (Å²) in [4.78, 5) is 11.9. The minimum absolute atomic E-state index is 0.0148. The van der Waals surface area contributed by atoms with E-state index in [-0.39, 0.29) is 5.91 Å². The molecule has 5 heteroatoms. The van der Waals surface area contributed by atoms with E-state index in [0.29, 0.717) is 32.6 Å². The number of amides is 1. The molecule has 0 aliphatic heterocycles. The molecule has 0 bridgehead atoms. The first kappa shape index (κ1) is 19.0. The number of rotatable bonds is 10. The first-order valence-corrected chi connectivity index (χ1v) is 8.51. The van der Waals surface area contributed by atoms with Crippen molar-refractivity contribution in [3.05, 3.63) is 59.7 Å². The summed E-state index contributed by atoms with van der Waals surface area (Å²) in [5.41, 5.74) is 8.60. The fourth-order valence-corrected chi connectivity index (χ4v) is 2.34. The molecular weight excluding hydrogens is 316 g/mol. The van der Waals surface area contributed by atoms with Gasteiger partial charge in [0.1, 0.15) is 5.75 Å². The molecule has 2 rings (SSSR count). The van der Waals surface area contributed by atoms with E-state index in [9.17, 15) is 4.79 Å². The summed E-state index contributed by atoms with van der Waals surface area (Å²) in [5, 5.41) is 2.87. The quantitative estimate of drug-likeness (QED) is 0.651. The van der Waals surface area contributed by atoms with Crippen molar-refractivity contribution in [1.82, 2.24) is 0 Å². The van der Waals surface area contributed by atoms with E-state index < -0.39 is 0 Å². The molecule has 0 aliphatic rings. The number of methoxy groups -OCH3 is 1. The summed E-state index contributed by atoms with van der Waals surface area (Å²) in [6.07, 6.45) is 1.98. The highest BCUT2D eigenvalue weighted by molar-refractivity contribution is 5.90. The van der Waals surface area contributed by atoms with E-state index in [1.807, 2.05) is 48.5 Å². The largest absolute Gasteiger partial charge is 0.494 e. The molecule has 25 heavy (non-hydrogen) atoms. The van der Waals surface area contributed by atoms with Crippen molar-refractivity contribution in [2.45, 2.75) is 25.8 Å². The Kier molecular flexibility index (Phi) is 7.95. The summed E-state index contributed by atoms with van der Waals surface area (Å²) in [7, 11) is 1.70. The van der Waals surface area contributed by atoms with Crippen LogP contribution in [0.2, 0.25) is 0 Å². The summed E-state index contributed by atoms with van der Waals surface area (Å²) < 4.78 is 10.7. The van der Waals surface area contributed by atoms with Crippen LogP contribution in [-0.2, 0) is 22.5 Å². The Morgan fingerprint density at radius 3 is 2.32 bits per heavy atom. The number of carbonyl (C=O) groups is 1. The summed E-state index contributed by atoms with van der Waals surface area (Å²) in [6, 6.07) is 15.5. The molecule has 0 saturated carbocycles. The van der Waals surface area contributed by atoms with Gasteiger partial charge in [-0.15, -0.1) is 0 Å². The third kappa shape index (κ3) is 6.95. The second-order valence-corrected chi connectivity index (χ2v) is 5.79. The lowest BCUT2D eigenvalue weighted by Crippen LogP contribution is -2.13. The van der Waals surface area contributed by atoms with Gasteiger partial charge in [0.15, 0.2) is 0 Å². The van der Waals surface area contributed by atoms with Crippen molar-refractivity contribution in [1.29, 1.82) is 0 Å². The van der Waals surface area contributed by atoms with E-state index in [1.54, 1.807) is 7.11 Å². The summed E-state index contributed by atoms with van der Waals surface area (Å²) in [6.45, 7) is 1.72. The molecule has 1 amide bonds. The van der Waals surface area contributed by atoms with Gasteiger partial charge in [-0.05, 0) is 48.2 Å². The Balaban J connectivity index is 1.65. The molecule has 3 N–H and O–H groups in total. The number of carbonyl (C=O) groups excluding carboxylic acids is 1. The first-order valence-electron chi connectivity index (χ1n) is 8.51. The Morgan fingerprint density at radius 2 is 1.68 bits per heavy atom. The van der Waals surface area contributed by atoms with E-state index in [4.69, 9.17) is 15.2 Å². The Labute approximate surface area is 149 Å². The maximum atomic E-state index is 11.9. The Hall–Kier alpha value is -2.37. The van der Waals surface area contributed by atoms with Crippen LogP contribution < -0.4 is 15.8 Å². The molecule has 0 spiro atoms. The van der Waals surface area contributed by atoms with Crippen LogP contribution in [0.4, 0.5) is 5.69 Å². The van der Waals surface area contributed by atoms with Crippen molar-refractivity contribution in [2.75, 3.05) is 25.6 Å². The van der Waals surface area contributed by atoms with Gasteiger partial charge < -0.3 is 20.5 Å². The monoisotopic (exact) mass is 342 g/mol. The zero-order valence-corrected chi connectivity index (χ0v) is 14.7. The van der Waals surface area contributed by atoms with Gasteiger partial charge in [0.2, 0.25) is 5.91 Å². The molecule has 0 heterocycles. The van der Waals surface area contributed by atoms with Crippen molar-refractivity contribution in [3.8, 4) is 5.75 Å². The molecule has 0 aromatic heterocycles. The van der Waals surface area contributed by atoms with Gasteiger partial charge in [-0.3, -0.25) is 4.79 Å². The van der Waals surface area contributed by atoms with Crippen LogP contribution in [0.5, 0.6) is 5.75 Å². The number of nitrogens with one attached hydrogen (secondary N) is 1. The molecule has 5 nitrogen and oxygen atoms in total. The minimum Gasteiger partial charge on any atom is -0.494 e. The fraction of sp³-hybridized carbons (Fsp3) is 0.350. The normalized spacial score (nSPS) is 10.5. The molecule has 0 radical (unpaired) electrons. The number of benzene rings is 2. The number of nitrogens with two attached hydrogens (primary N) is 1. The summed E-state index contributed by atoms with van der Waals surface area (Å²) >= 11 is 0. The van der Waals surface area contributed by atoms with Gasteiger partial charge in [-0.1, -0.05) is 24.3 Å². The number of hydrogen-bond donors (Lipinski definition) is 2. The highest BCUT2D eigenvalue weighted by atomic mass is 16.5. The minimum atomic E-state index is -0.0148. The standard InChI is InChI=1S/C20H26N2O3/c1-24-14-12-16-6-10-19(11-7-16)25-13-2-3-20(23)22-18-8-4-17(15-21)5-9-18/h4-11H,2-3,12-15,21H2,1H3,(H,22,23). The van der Waals surface area contributed by atoms with E-state index in [0.717, 1.165) is 23.4 Å². The number of anilines is 1. The molecule has 0 aliphatic carbocycles. The molecule has 0 unspecified atom stereocenters. The van der Waals surface area contributed by atoms with Crippen LogP contribution >= 0.6 is 0 Å². The van der Waals surface area contributed by atoms with Crippen LogP contribution in [0.15, 0.2) is 48.5 Å². The SMILES string of the molecule is COCCc1ccc(OCCCC(=O)Nc2ccc(CN)cc2)cc1. The van der Waals surface area contributed by atoms with Gasteiger partial charge in [-0.2, -0.15) is 0 Å². The van der Waals surface area contributed by atoms with Crippen molar-refractivity contribution in [2.24, 2.45) is 5.73 Å². The highest BCUT2D eigenvalue weighted by Gasteiger charge is 2.03. The molecule has 0 saturated heterocycles. The molecular formula is C20H26N2O3. The van der Waals surface area contributed by atoms with Crippen LogP contribution in [0.3, 0.4) is 0 Å². The third-order valence-corrected chi connectivity index (χ3v) is 3.81. The zero-order chi connectivity index (χ0) is 17.9. The Morgan fingerprint density at radius 1 is 1.00 bits per heavy atom. The number of ether oxygens (including phenoxy) is 2. The van der Waals surface area contributed by atoms with Gasteiger partial charge in [0, 0.05) is 25.8 Å². The lowest BCUT2D eigenvalue weighted by molar-refractivity contribution is -0.116. The highest BCUT2D eigenvalue weighted by Crippen LogP contribution is 2.14. The second-order valence-electron chi connectivity index (χ2n) is 5.79. The van der Waals surface area contributed by atoms with Crippen LogP contribution in [-0.4, -0.2) is 26.2 Å². The van der Waals surface area contributed by atoms with E-state index in [2.05, 4.69) is 5.32 Å². The van der Waals surface area contributed by atoms with Crippen molar-refractivity contribution < 1.29 is 14.3 Å². The Bertz CT molecular complexity index is 639. The molecule has 0 fully saturated rings. The maximum absolute atomic E-state index is 11.9.